The zero-order chi connectivity index (χ0) is 14.9. The quantitative estimate of drug-likeness (QED) is 0.773. The normalized spacial score (nSPS) is 16.6. The van der Waals surface area contributed by atoms with Gasteiger partial charge in [-0.1, -0.05) is 0 Å². The molecule has 1 aromatic heterocycles. The molecule has 0 aliphatic heterocycles. The molecule has 1 atom stereocenters. The van der Waals surface area contributed by atoms with Crippen molar-refractivity contribution in [2.45, 2.75) is 38.0 Å². The fourth-order valence-corrected chi connectivity index (χ4v) is 1.51. The molecule has 0 radical (unpaired) electrons. The highest BCUT2D eigenvalue weighted by Gasteiger charge is 2.35. The zero-order valence-electron chi connectivity index (χ0n) is 10.7. The predicted octanol–water partition coefficient (Wildman–Crippen LogP) is 1.16. The summed E-state index contributed by atoms with van der Waals surface area (Å²) in [6, 6.07) is 0.606. The Balaban J connectivity index is 2.08. The number of nitrogens with zero attached hydrogens (tertiary/aromatic N) is 2. The van der Waals surface area contributed by atoms with Gasteiger partial charge in [0.15, 0.2) is 0 Å². The average molecular weight is 289 g/mol. The number of anilines is 2. The Morgan fingerprint density at radius 3 is 2.65 bits per heavy atom. The second-order valence-electron chi connectivity index (χ2n) is 4.65. The SMILES string of the molecule is CC(Nc1cc(N)nc(C(F)(F)F)n1)C(=O)NC1CC1. The molecule has 4 N–H and O–H groups in total. The van der Waals surface area contributed by atoms with Crippen molar-refractivity contribution in [1.82, 2.24) is 15.3 Å². The number of alkyl halides is 3. The molecule has 6 nitrogen and oxygen atoms in total. The Kier molecular flexibility index (Phi) is 3.69. The Hall–Kier alpha value is -2.06. The van der Waals surface area contributed by atoms with Crippen molar-refractivity contribution >= 4 is 17.5 Å². The van der Waals surface area contributed by atoms with Crippen LogP contribution in [0.2, 0.25) is 0 Å². The Bertz CT molecular complexity index is 515. The maximum atomic E-state index is 12.5. The van der Waals surface area contributed by atoms with Crippen LogP contribution in [0.5, 0.6) is 0 Å². The van der Waals surface area contributed by atoms with Crippen molar-refractivity contribution in [3.63, 3.8) is 0 Å². The number of aromatic nitrogens is 2. The van der Waals surface area contributed by atoms with Gasteiger partial charge in [0, 0.05) is 12.1 Å². The van der Waals surface area contributed by atoms with Crippen molar-refractivity contribution in [3.8, 4) is 0 Å². The summed E-state index contributed by atoms with van der Waals surface area (Å²) in [5, 5.41) is 5.32. The van der Waals surface area contributed by atoms with Crippen molar-refractivity contribution in [3.05, 3.63) is 11.9 Å². The number of amides is 1. The van der Waals surface area contributed by atoms with Gasteiger partial charge in [-0.2, -0.15) is 13.2 Å². The van der Waals surface area contributed by atoms with Gasteiger partial charge in [-0.3, -0.25) is 4.79 Å². The second-order valence-corrected chi connectivity index (χ2v) is 4.65. The molecular weight excluding hydrogens is 275 g/mol. The summed E-state index contributed by atoms with van der Waals surface area (Å²) in [6.45, 7) is 1.53. The van der Waals surface area contributed by atoms with Gasteiger partial charge in [-0.25, -0.2) is 9.97 Å². The average Bonchev–Trinajstić information content (AvgIpc) is 3.10. The molecule has 1 unspecified atom stereocenters. The van der Waals surface area contributed by atoms with Crippen molar-refractivity contribution in [2.75, 3.05) is 11.1 Å². The van der Waals surface area contributed by atoms with Crippen LogP contribution in [0.3, 0.4) is 0 Å². The lowest BCUT2D eigenvalue weighted by molar-refractivity contribution is -0.144. The van der Waals surface area contributed by atoms with Crippen LogP contribution < -0.4 is 16.4 Å². The number of hydrogen-bond acceptors (Lipinski definition) is 5. The Labute approximate surface area is 113 Å². The number of carbonyl (C=O) groups excluding carboxylic acids is 1. The van der Waals surface area contributed by atoms with E-state index in [1.165, 1.54) is 6.92 Å². The Morgan fingerprint density at radius 1 is 1.45 bits per heavy atom. The van der Waals surface area contributed by atoms with E-state index >= 15 is 0 Å². The number of nitrogen functional groups attached to an aromatic ring is 1. The summed E-state index contributed by atoms with van der Waals surface area (Å²) in [6.07, 6.45) is -2.83. The lowest BCUT2D eigenvalue weighted by Crippen LogP contribution is -2.39. The monoisotopic (exact) mass is 289 g/mol. The van der Waals surface area contributed by atoms with E-state index in [-0.39, 0.29) is 23.6 Å². The highest BCUT2D eigenvalue weighted by molar-refractivity contribution is 5.84. The molecule has 0 bridgehead atoms. The van der Waals surface area contributed by atoms with Crippen LogP contribution in [0.1, 0.15) is 25.6 Å². The number of nitrogens with two attached hydrogens (primary N) is 1. The predicted molar refractivity (Wildman–Crippen MR) is 65.7 cm³/mol. The molecule has 0 aromatic carbocycles. The summed E-state index contributed by atoms with van der Waals surface area (Å²) in [4.78, 5) is 18.1. The van der Waals surface area contributed by atoms with Crippen LogP contribution in [0.15, 0.2) is 6.07 Å². The first kappa shape index (κ1) is 14.4. The highest BCUT2D eigenvalue weighted by atomic mass is 19.4. The van der Waals surface area contributed by atoms with Gasteiger partial charge in [0.2, 0.25) is 11.7 Å². The van der Waals surface area contributed by atoms with Crippen LogP contribution in [0, 0.1) is 0 Å². The molecule has 9 heteroatoms. The summed E-state index contributed by atoms with van der Waals surface area (Å²) in [5.74, 6) is -2.08. The van der Waals surface area contributed by atoms with Crippen LogP contribution in [-0.2, 0) is 11.0 Å². The van der Waals surface area contributed by atoms with Crippen LogP contribution in [0.4, 0.5) is 24.8 Å². The van der Waals surface area contributed by atoms with Gasteiger partial charge in [0.05, 0.1) is 0 Å². The molecule has 1 aliphatic carbocycles. The second kappa shape index (κ2) is 5.14. The minimum atomic E-state index is -4.69. The van der Waals surface area contributed by atoms with Gasteiger partial charge in [0.1, 0.15) is 17.7 Å². The van der Waals surface area contributed by atoms with Crippen molar-refractivity contribution < 1.29 is 18.0 Å². The Morgan fingerprint density at radius 2 is 2.10 bits per heavy atom. The van der Waals surface area contributed by atoms with Crippen LogP contribution >= 0.6 is 0 Å². The number of halogens is 3. The van der Waals surface area contributed by atoms with Gasteiger partial charge < -0.3 is 16.4 Å². The molecule has 1 aromatic rings. The van der Waals surface area contributed by atoms with E-state index < -0.39 is 18.0 Å². The highest BCUT2D eigenvalue weighted by Crippen LogP contribution is 2.27. The molecule has 110 valence electrons. The first-order chi connectivity index (χ1) is 9.25. The van der Waals surface area contributed by atoms with E-state index in [1.54, 1.807) is 0 Å². The molecule has 1 heterocycles. The molecule has 1 fully saturated rings. The topological polar surface area (TPSA) is 92.9 Å². The van der Waals surface area contributed by atoms with Crippen molar-refractivity contribution in [1.29, 1.82) is 0 Å². The smallest absolute Gasteiger partial charge is 0.384 e. The van der Waals surface area contributed by atoms with E-state index in [2.05, 4.69) is 20.6 Å². The molecule has 1 saturated carbocycles. The third-order valence-electron chi connectivity index (χ3n) is 2.68. The van der Waals surface area contributed by atoms with E-state index in [0.717, 1.165) is 18.9 Å². The maximum Gasteiger partial charge on any atom is 0.451 e. The molecule has 0 spiro atoms. The summed E-state index contributed by atoms with van der Waals surface area (Å²) < 4.78 is 37.6. The molecule has 1 amide bonds. The number of carbonyl (C=O) groups is 1. The van der Waals surface area contributed by atoms with Gasteiger partial charge in [-0.05, 0) is 19.8 Å². The molecule has 20 heavy (non-hydrogen) atoms. The largest absolute Gasteiger partial charge is 0.451 e. The van der Waals surface area contributed by atoms with E-state index in [4.69, 9.17) is 5.73 Å². The first-order valence-corrected chi connectivity index (χ1v) is 6.04. The third kappa shape index (κ3) is 3.72. The standard InChI is InChI=1S/C11H14F3N5O/c1-5(9(20)17-6-2-3-6)16-8-4-7(15)18-10(19-8)11(12,13)14/h4-6H,2-3H2,1H3,(H,17,20)(H3,15,16,18,19). The van der Waals surface area contributed by atoms with Crippen LogP contribution in [0.25, 0.3) is 0 Å². The van der Waals surface area contributed by atoms with Crippen LogP contribution in [-0.4, -0.2) is 28.0 Å². The van der Waals surface area contributed by atoms with E-state index in [0.29, 0.717) is 0 Å². The zero-order valence-corrected chi connectivity index (χ0v) is 10.7. The van der Waals surface area contributed by atoms with Gasteiger partial charge in [-0.15, -0.1) is 0 Å². The minimum absolute atomic E-state index is 0.136. The summed E-state index contributed by atoms with van der Waals surface area (Å²) in [5.41, 5.74) is 5.31. The molecule has 0 saturated heterocycles. The summed E-state index contributed by atoms with van der Waals surface area (Å²) >= 11 is 0. The fourth-order valence-electron chi connectivity index (χ4n) is 1.51. The molecule has 1 aliphatic rings. The molecular formula is C11H14F3N5O. The summed E-state index contributed by atoms with van der Waals surface area (Å²) in [7, 11) is 0. The minimum Gasteiger partial charge on any atom is -0.384 e. The maximum absolute atomic E-state index is 12.5. The first-order valence-electron chi connectivity index (χ1n) is 6.04. The third-order valence-corrected chi connectivity index (χ3v) is 2.68. The lowest BCUT2D eigenvalue weighted by atomic mass is 10.3. The lowest BCUT2D eigenvalue weighted by Gasteiger charge is -2.15. The number of rotatable bonds is 4. The molecule has 2 rings (SSSR count). The number of nitrogens with one attached hydrogen (secondary N) is 2. The number of hydrogen-bond donors (Lipinski definition) is 3. The van der Waals surface area contributed by atoms with Gasteiger partial charge in [0.25, 0.3) is 0 Å². The fraction of sp³-hybridized carbons (Fsp3) is 0.545. The van der Waals surface area contributed by atoms with E-state index in [9.17, 15) is 18.0 Å². The van der Waals surface area contributed by atoms with Crippen molar-refractivity contribution in [2.24, 2.45) is 0 Å². The van der Waals surface area contributed by atoms with Gasteiger partial charge >= 0.3 is 6.18 Å². The van der Waals surface area contributed by atoms with E-state index in [1.807, 2.05) is 0 Å².